The van der Waals surface area contributed by atoms with Gasteiger partial charge in [-0.15, -0.1) is 0 Å². The molecule has 5 aromatic rings. The lowest BCUT2D eigenvalue weighted by molar-refractivity contribution is 0.0597. The van der Waals surface area contributed by atoms with Crippen LogP contribution in [0.5, 0.6) is 5.75 Å². The Bertz CT molecular complexity index is 1650. The van der Waals surface area contributed by atoms with Crippen LogP contribution in [0.15, 0.2) is 95.4 Å². The van der Waals surface area contributed by atoms with Gasteiger partial charge in [-0.25, -0.2) is 4.79 Å². The van der Waals surface area contributed by atoms with Crippen molar-refractivity contribution < 1.29 is 14.6 Å². The number of phenolic OH excluding ortho intramolecular Hbond substituents is 1. The smallest absolute Gasteiger partial charge is 0.341 e. The number of aromatic nitrogens is 2. The number of ether oxygens (including phenoxy) is 1. The number of pyridine rings is 2. The van der Waals surface area contributed by atoms with Gasteiger partial charge in [0.05, 0.1) is 41.9 Å². The minimum absolute atomic E-state index is 0.00782. The van der Waals surface area contributed by atoms with Crippen LogP contribution in [0.4, 0.5) is 11.4 Å². The van der Waals surface area contributed by atoms with Crippen LogP contribution >= 0.6 is 0 Å². The molecular formula is C28H22N6O3. The standard InChI is InChI=1S/C28H22N6O3/c1-37-28(36)22-15-18(16-31-33-23-10-2-6-19-8-4-12-29-25(19)23)14-21(27(22)35)17-32-34-24-11-3-7-20-9-5-13-30-26(20)24/h2-17,33-35H,1H3/b31-16+,32-17+. The summed E-state index contributed by atoms with van der Waals surface area (Å²) < 4.78 is 4.84. The number of nitrogens with one attached hydrogen (secondary N) is 2. The number of methoxy groups -OCH3 is 1. The first kappa shape index (κ1) is 23.4. The zero-order valence-electron chi connectivity index (χ0n) is 19.8. The van der Waals surface area contributed by atoms with Crippen LogP contribution in [-0.2, 0) is 4.74 Å². The fraction of sp³-hybridized carbons (Fsp3) is 0.0357. The molecule has 0 spiro atoms. The van der Waals surface area contributed by atoms with Crippen molar-refractivity contribution in [1.29, 1.82) is 0 Å². The number of fused-ring (bicyclic) bond motifs is 2. The Labute approximate surface area is 212 Å². The van der Waals surface area contributed by atoms with E-state index in [1.807, 2.05) is 60.7 Å². The van der Waals surface area contributed by atoms with Gasteiger partial charge in [-0.1, -0.05) is 36.4 Å². The Balaban J connectivity index is 1.42. The van der Waals surface area contributed by atoms with Crippen molar-refractivity contribution in [2.75, 3.05) is 18.0 Å². The molecule has 0 bridgehead atoms. The van der Waals surface area contributed by atoms with E-state index >= 15 is 0 Å². The van der Waals surface area contributed by atoms with Gasteiger partial charge in [-0.3, -0.25) is 20.8 Å². The van der Waals surface area contributed by atoms with Gasteiger partial charge in [0.15, 0.2) is 0 Å². The summed E-state index contributed by atoms with van der Waals surface area (Å²) in [6.45, 7) is 0. The summed E-state index contributed by atoms with van der Waals surface area (Å²) >= 11 is 0. The van der Waals surface area contributed by atoms with Crippen molar-refractivity contribution in [1.82, 2.24) is 9.97 Å². The van der Waals surface area contributed by atoms with Crippen LogP contribution < -0.4 is 10.9 Å². The molecule has 3 N–H and O–H groups in total. The van der Waals surface area contributed by atoms with Crippen LogP contribution in [0.3, 0.4) is 0 Å². The summed E-state index contributed by atoms with van der Waals surface area (Å²) in [5.41, 5.74) is 9.76. The molecular weight excluding hydrogens is 468 g/mol. The monoisotopic (exact) mass is 490 g/mol. The number of carbonyl (C=O) groups excluding carboxylic acids is 1. The number of anilines is 2. The Morgan fingerprint density at radius 1 is 0.838 bits per heavy atom. The Hall–Kier alpha value is -5.31. The van der Waals surface area contributed by atoms with E-state index in [1.54, 1.807) is 18.5 Å². The van der Waals surface area contributed by atoms with Crippen molar-refractivity contribution >= 4 is 51.6 Å². The predicted octanol–water partition coefficient (Wildman–Crippen LogP) is 5.17. The molecule has 3 aromatic carbocycles. The molecule has 2 aromatic heterocycles. The maximum atomic E-state index is 12.3. The van der Waals surface area contributed by atoms with E-state index in [0.29, 0.717) is 16.8 Å². The van der Waals surface area contributed by atoms with E-state index in [4.69, 9.17) is 4.74 Å². The molecule has 0 radical (unpaired) electrons. The third-order valence-corrected chi connectivity index (χ3v) is 5.62. The van der Waals surface area contributed by atoms with Gasteiger partial charge in [0.25, 0.3) is 0 Å². The molecule has 9 nitrogen and oxygen atoms in total. The fourth-order valence-electron chi connectivity index (χ4n) is 3.86. The second kappa shape index (κ2) is 10.5. The number of nitrogens with zero attached hydrogens (tertiary/aromatic N) is 4. The van der Waals surface area contributed by atoms with Crippen LogP contribution in [0.25, 0.3) is 21.8 Å². The summed E-state index contributed by atoms with van der Waals surface area (Å²) in [6, 6.07) is 22.2. The minimum Gasteiger partial charge on any atom is -0.506 e. The van der Waals surface area contributed by atoms with E-state index in [2.05, 4.69) is 31.0 Å². The van der Waals surface area contributed by atoms with E-state index < -0.39 is 5.97 Å². The molecule has 0 aliphatic rings. The predicted molar refractivity (Wildman–Crippen MR) is 145 cm³/mol. The van der Waals surface area contributed by atoms with Gasteiger partial charge in [-0.05, 0) is 42.0 Å². The third-order valence-electron chi connectivity index (χ3n) is 5.62. The zero-order valence-corrected chi connectivity index (χ0v) is 19.8. The molecule has 0 aliphatic heterocycles. The molecule has 0 amide bonds. The van der Waals surface area contributed by atoms with Gasteiger partial charge < -0.3 is 9.84 Å². The first-order chi connectivity index (χ1) is 18.1. The summed E-state index contributed by atoms with van der Waals surface area (Å²) in [7, 11) is 1.25. The van der Waals surface area contributed by atoms with Crippen LogP contribution in [-0.4, -0.2) is 40.6 Å². The molecule has 2 heterocycles. The molecule has 182 valence electrons. The maximum Gasteiger partial charge on any atom is 0.341 e. The summed E-state index contributed by atoms with van der Waals surface area (Å²) in [4.78, 5) is 21.1. The number of esters is 1. The average Bonchev–Trinajstić information content (AvgIpc) is 2.94. The molecule has 0 saturated heterocycles. The van der Waals surface area contributed by atoms with Gasteiger partial charge in [0.2, 0.25) is 0 Å². The molecule has 9 heteroatoms. The second-order valence-corrected chi connectivity index (χ2v) is 8.00. The maximum absolute atomic E-state index is 12.3. The number of benzene rings is 3. The lowest BCUT2D eigenvalue weighted by Crippen LogP contribution is -2.05. The lowest BCUT2D eigenvalue weighted by Gasteiger charge is -2.08. The topological polar surface area (TPSA) is 121 Å². The number of hydrogen-bond donors (Lipinski definition) is 3. The summed E-state index contributed by atoms with van der Waals surface area (Å²) in [6.07, 6.45) is 6.38. The highest BCUT2D eigenvalue weighted by molar-refractivity contribution is 6.00. The molecule has 0 atom stereocenters. The molecule has 37 heavy (non-hydrogen) atoms. The molecule has 0 fully saturated rings. The van der Waals surface area contributed by atoms with E-state index in [1.165, 1.54) is 25.6 Å². The second-order valence-electron chi connectivity index (χ2n) is 8.00. The van der Waals surface area contributed by atoms with Crippen molar-refractivity contribution in [2.45, 2.75) is 0 Å². The number of aromatic hydroxyl groups is 1. The first-order valence-electron chi connectivity index (χ1n) is 11.3. The fourth-order valence-corrected chi connectivity index (χ4v) is 3.86. The minimum atomic E-state index is -0.681. The Kier molecular flexibility index (Phi) is 6.67. The molecule has 5 rings (SSSR count). The number of hydrazone groups is 2. The van der Waals surface area contributed by atoms with Crippen LogP contribution in [0.1, 0.15) is 21.5 Å². The van der Waals surface area contributed by atoms with E-state index in [9.17, 15) is 9.90 Å². The highest BCUT2D eigenvalue weighted by Gasteiger charge is 2.16. The van der Waals surface area contributed by atoms with Gasteiger partial charge in [0.1, 0.15) is 11.3 Å². The summed E-state index contributed by atoms with van der Waals surface area (Å²) in [5, 5.41) is 21.2. The van der Waals surface area contributed by atoms with Crippen molar-refractivity contribution in [2.24, 2.45) is 10.2 Å². The molecule has 0 aliphatic carbocycles. The average molecular weight is 491 g/mol. The van der Waals surface area contributed by atoms with E-state index in [0.717, 1.165) is 27.5 Å². The largest absolute Gasteiger partial charge is 0.506 e. The number of rotatable bonds is 7. The molecule has 0 saturated carbocycles. The number of phenols is 1. The van der Waals surface area contributed by atoms with Crippen molar-refractivity contribution in [3.63, 3.8) is 0 Å². The normalized spacial score (nSPS) is 11.4. The Morgan fingerprint density at radius 2 is 1.41 bits per heavy atom. The number of carbonyl (C=O) groups is 1. The van der Waals surface area contributed by atoms with Gasteiger partial charge >= 0.3 is 5.97 Å². The number of hydrogen-bond acceptors (Lipinski definition) is 9. The van der Waals surface area contributed by atoms with Crippen molar-refractivity contribution in [3.8, 4) is 5.75 Å². The van der Waals surface area contributed by atoms with Crippen LogP contribution in [0, 0.1) is 0 Å². The first-order valence-corrected chi connectivity index (χ1v) is 11.3. The molecule has 0 unspecified atom stereocenters. The quantitative estimate of drug-likeness (QED) is 0.164. The highest BCUT2D eigenvalue weighted by atomic mass is 16.5. The lowest BCUT2D eigenvalue weighted by atomic mass is 10.0. The number of para-hydroxylation sites is 2. The van der Waals surface area contributed by atoms with Gasteiger partial charge in [0, 0.05) is 28.7 Å². The Morgan fingerprint density at radius 3 is 2.00 bits per heavy atom. The van der Waals surface area contributed by atoms with Crippen LogP contribution in [0.2, 0.25) is 0 Å². The zero-order chi connectivity index (χ0) is 25.6. The highest BCUT2D eigenvalue weighted by Crippen LogP contribution is 2.25. The van der Waals surface area contributed by atoms with Crippen molar-refractivity contribution in [3.05, 3.63) is 102 Å². The summed E-state index contributed by atoms with van der Waals surface area (Å²) in [5.74, 6) is -0.934. The van der Waals surface area contributed by atoms with E-state index in [-0.39, 0.29) is 11.3 Å². The third kappa shape index (κ3) is 5.06. The SMILES string of the molecule is COC(=O)c1cc(/C=N/Nc2cccc3cccnc23)cc(/C=N/Nc2cccc3cccnc23)c1O. The van der Waals surface area contributed by atoms with Gasteiger partial charge in [-0.2, -0.15) is 10.2 Å².